The second-order valence-electron chi connectivity index (χ2n) is 8.50. The van der Waals surface area contributed by atoms with Crippen molar-refractivity contribution in [3.63, 3.8) is 0 Å². The molecule has 6 nitrogen and oxygen atoms in total. The van der Waals surface area contributed by atoms with Gasteiger partial charge in [-0.2, -0.15) is 0 Å². The van der Waals surface area contributed by atoms with Crippen molar-refractivity contribution in [2.24, 2.45) is 0 Å². The first-order chi connectivity index (χ1) is 15.5. The van der Waals surface area contributed by atoms with E-state index in [1.807, 2.05) is 72.8 Å². The molecule has 0 aromatic heterocycles. The van der Waals surface area contributed by atoms with Crippen LogP contribution in [0, 0.1) is 10.1 Å². The molecule has 0 radical (unpaired) electrons. The Kier molecular flexibility index (Phi) is 6.71. The van der Waals surface area contributed by atoms with Crippen molar-refractivity contribution in [2.45, 2.75) is 24.9 Å². The SMILES string of the molecule is CN1CCC(N(C)c2ccc([N+](=O)[O-])c(NC(c3ccccc3)c3ccccc3)c2)CC1. The Bertz CT molecular complexity index is 995. The van der Waals surface area contributed by atoms with Crippen molar-refractivity contribution < 1.29 is 4.92 Å². The van der Waals surface area contributed by atoms with E-state index in [9.17, 15) is 10.1 Å². The minimum atomic E-state index is -0.311. The van der Waals surface area contributed by atoms with Gasteiger partial charge >= 0.3 is 0 Å². The van der Waals surface area contributed by atoms with Crippen molar-refractivity contribution in [3.8, 4) is 0 Å². The van der Waals surface area contributed by atoms with Crippen LogP contribution in [-0.4, -0.2) is 43.0 Å². The molecule has 3 aromatic carbocycles. The number of hydrogen-bond donors (Lipinski definition) is 1. The van der Waals surface area contributed by atoms with Crippen LogP contribution in [0.1, 0.15) is 30.0 Å². The van der Waals surface area contributed by atoms with Gasteiger partial charge in [-0.05, 0) is 56.2 Å². The number of likely N-dealkylation sites (tertiary alicyclic amines) is 1. The lowest BCUT2D eigenvalue weighted by atomic mass is 9.98. The van der Waals surface area contributed by atoms with Crippen LogP contribution >= 0.6 is 0 Å². The number of rotatable bonds is 7. The van der Waals surface area contributed by atoms with E-state index in [4.69, 9.17) is 0 Å². The van der Waals surface area contributed by atoms with E-state index >= 15 is 0 Å². The van der Waals surface area contributed by atoms with Crippen molar-refractivity contribution in [2.75, 3.05) is 37.4 Å². The average molecular weight is 431 g/mol. The Morgan fingerprint density at radius 2 is 1.53 bits per heavy atom. The molecule has 166 valence electrons. The highest BCUT2D eigenvalue weighted by Gasteiger charge is 2.24. The van der Waals surface area contributed by atoms with Crippen LogP contribution in [0.4, 0.5) is 17.1 Å². The van der Waals surface area contributed by atoms with Crippen LogP contribution in [0.2, 0.25) is 0 Å². The summed E-state index contributed by atoms with van der Waals surface area (Å²) in [6.07, 6.45) is 2.17. The molecule has 0 spiro atoms. The Hall–Kier alpha value is -3.38. The summed E-state index contributed by atoms with van der Waals surface area (Å²) in [5.74, 6) is 0. The highest BCUT2D eigenvalue weighted by Crippen LogP contribution is 2.35. The number of nitrogens with zero attached hydrogens (tertiary/aromatic N) is 3. The summed E-state index contributed by atoms with van der Waals surface area (Å²) < 4.78 is 0. The molecule has 0 aliphatic carbocycles. The first kappa shape index (κ1) is 21.8. The molecule has 1 heterocycles. The van der Waals surface area contributed by atoms with E-state index in [0.717, 1.165) is 42.7 Å². The standard InChI is InChI=1S/C26H30N4O2/c1-28-17-15-22(16-18-28)29(2)23-13-14-25(30(31)32)24(19-23)27-26(20-9-5-3-6-10-20)21-11-7-4-8-12-21/h3-14,19,22,26-27H,15-18H2,1-2H3. The number of anilines is 2. The average Bonchev–Trinajstić information content (AvgIpc) is 2.83. The van der Waals surface area contributed by atoms with E-state index in [0.29, 0.717) is 11.7 Å². The quantitative estimate of drug-likeness (QED) is 0.406. The van der Waals surface area contributed by atoms with Gasteiger partial charge in [-0.1, -0.05) is 60.7 Å². The zero-order valence-electron chi connectivity index (χ0n) is 18.6. The molecule has 0 unspecified atom stereocenters. The summed E-state index contributed by atoms with van der Waals surface area (Å²) in [6.45, 7) is 2.13. The lowest BCUT2D eigenvalue weighted by Gasteiger charge is -2.36. The van der Waals surface area contributed by atoms with Crippen molar-refractivity contribution in [1.82, 2.24) is 4.90 Å². The van der Waals surface area contributed by atoms with E-state index in [-0.39, 0.29) is 16.7 Å². The summed E-state index contributed by atoms with van der Waals surface area (Å²) in [5, 5.41) is 15.3. The monoisotopic (exact) mass is 430 g/mol. The Balaban J connectivity index is 1.68. The first-order valence-electron chi connectivity index (χ1n) is 11.1. The number of nitro groups is 1. The molecule has 1 aliphatic heterocycles. The smallest absolute Gasteiger partial charge is 0.292 e. The molecule has 0 atom stereocenters. The summed E-state index contributed by atoms with van der Waals surface area (Å²) in [7, 11) is 4.24. The molecule has 32 heavy (non-hydrogen) atoms. The van der Waals surface area contributed by atoms with Crippen LogP contribution in [0.3, 0.4) is 0 Å². The summed E-state index contributed by atoms with van der Waals surface area (Å²) in [6, 6.07) is 25.8. The normalized spacial score (nSPS) is 15.0. The third-order valence-corrected chi connectivity index (χ3v) is 6.39. The predicted molar refractivity (Wildman–Crippen MR) is 130 cm³/mol. The number of nitrogens with one attached hydrogen (secondary N) is 1. The maximum atomic E-state index is 11.8. The van der Waals surface area contributed by atoms with Crippen molar-refractivity contribution in [1.29, 1.82) is 0 Å². The van der Waals surface area contributed by atoms with Crippen LogP contribution in [0.5, 0.6) is 0 Å². The maximum Gasteiger partial charge on any atom is 0.292 e. The Morgan fingerprint density at radius 1 is 0.969 bits per heavy atom. The highest BCUT2D eigenvalue weighted by atomic mass is 16.6. The fourth-order valence-electron chi connectivity index (χ4n) is 4.42. The van der Waals surface area contributed by atoms with Gasteiger partial charge in [-0.25, -0.2) is 0 Å². The number of benzene rings is 3. The minimum Gasteiger partial charge on any atom is -0.371 e. The third kappa shape index (κ3) is 4.92. The molecule has 0 saturated carbocycles. The van der Waals surface area contributed by atoms with Gasteiger partial charge in [-0.15, -0.1) is 0 Å². The van der Waals surface area contributed by atoms with Gasteiger partial charge in [-0.3, -0.25) is 10.1 Å². The molecular weight excluding hydrogens is 400 g/mol. The molecular formula is C26H30N4O2. The predicted octanol–water partition coefficient (Wildman–Crippen LogP) is 5.33. The fraction of sp³-hybridized carbons (Fsp3) is 0.308. The maximum absolute atomic E-state index is 11.8. The van der Waals surface area contributed by atoms with E-state index in [2.05, 4.69) is 29.2 Å². The largest absolute Gasteiger partial charge is 0.371 e. The molecule has 6 heteroatoms. The number of piperidine rings is 1. The summed E-state index contributed by atoms with van der Waals surface area (Å²) >= 11 is 0. The zero-order chi connectivity index (χ0) is 22.5. The van der Waals surface area contributed by atoms with Crippen molar-refractivity contribution >= 4 is 17.1 Å². The Morgan fingerprint density at radius 3 is 2.06 bits per heavy atom. The lowest BCUT2D eigenvalue weighted by molar-refractivity contribution is -0.384. The van der Waals surface area contributed by atoms with E-state index < -0.39 is 0 Å². The van der Waals surface area contributed by atoms with Crippen LogP contribution in [-0.2, 0) is 0 Å². The van der Waals surface area contributed by atoms with E-state index in [1.54, 1.807) is 6.07 Å². The van der Waals surface area contributed by atoms with Crippen LogP contribution in [0.25, 0.3) is 0 Å². The van der Waals surface area contributed by atoms with Gasteiger partial charge < -0.3 is 15.1 Å². The molecule has 1 N–H and O–H groups in total. The zero-order valence-corrected chi connectivity index (χ0v) is 18.6. The van der Waals surface area contributed by atoms with E-state index in [1.165, 1.54) is 0 Å². The van der Waals surface area contributed by atoms with Gasteiger partial charge in [0.15, 0.2) is 0 Å². The van der Waals surface area contributed by atoms with Gasteiger partial charge in [0, 0.05) is 24.8 Å². The lowest BCUT2D eigenvalue weighted by Crippen LogP contribution is -2.42. The second kappa shape index (κ2) is 9.83. The molecule has 1 saturated heterocycles. The van der Waals surface area contributed by atoms with Gasteiger partial charge in [0.05, 0.1) is 11.0 Å². The fourth-order valence-corrected chi connectivity index (χ4v) is 4.42. The molecule has 0 bridgehead atoms. The number of nitro benzene ring substituents is 1. The summed E-state index contributed by atoms with van der Waals surface area (Å²) in [5.41, 5.74) is 3.73. The Labute approximate surface area is 189 Å². The summed E-state index contributed by atoms with van der Waals surface area (Å²) in [4.78, 5) is 16.1. The molecule has 3 aromatic rings. The number of hydrogen-bond acceptors (Lipinski definition) is 5. The molecule has 1 aliphatic rings. The van der Waals surface area contributed by atoms with Gasteiger partial charge in [0.1, 0.15) is 5.69 Å². The molecule has 4 rings (SSSR count). The first-order valence-corrected chi connectivity index (χ1v) is 11.1. The topological polar surface area (TPSA) is 61.7 Å². The van der Waals surface area contributed by atoms with Crippen molar-refractivity contribution in [3.05, 3.63) is 100 Å². The molecule has 1 fully saturated rings. The minimum absolute atomic E-state index is 0.0855. The molecule has 0 amide bonds. The van der Waals surface area contributed by atoms with Gasteiger partial charge in [0.25, 0.3) is 5.69 Å². The third-order valence-electron chi connectivity index (χ3n) is 6.39. The van der Waals surface area contributed by atoms with Crippen LogP contribution < -0.4 is 10.2 Å². The van der Waals surface area contributed by atoms with Gasteiger partial charge in [0.2, 0.25) is 0 Å². The second-order valence-corrected chi connectivity index (χ2v) is 8.50. The van der Waals surface area contributed by atoms with Crippen LogP contribution in [0.15, 0.2) is 78.9 Å². The highest BCUT2D eigenvalue weighted by molar-refractivity contribution is 5.70.